The van der Waals surface area contributed by atoms with Crippen molar-refractivity contribution in [2.24, 2.45) is 0 Å². The molecule has 0 spiro atoms. The summed E-state index contributed by atoms with van der Waals surface area (Å²) in [6.07, 6.45) is 6.00. The van der Waals surface area contributed by atoms with Crippen LogP contribution in [0, 0.1) is 0 Å². The minimum atomic E-state index is -3.48. The molecule has 9 nitrogen and oxygen atoms in total. The topological polar surface area (TPSA) is 103 Å². The Bertz CT molecular complexity index is 1260. The molecule has 1 N–H and O–H groups in total. The second-order valence-electron chi connectivity index (χ2n) is 8.00. The van der Waals surface area contributed by atoms with Crippen molar-refractivity contribution in [3.05, 3.63) is 66.2 Å². The zero-order chi connectivity index (χ0) is 22.8. The summed E-state index contributed by atoms with van der Waals surface area (Å²) in [5.74, 6) is 1.05. The Hall–Kier alpha value is -3.37. The molecule has 1 fully saturated rings. The maximum atomic E-state index is 12.8. The Kier molecular flexibility index (Phi) is 5.77. The van der Waals surface area contributed by atoms with Crippen molar-refractivity contribution in [3.63, 3.8) is 0 Å². The van der Waals surface area contributed by atoms with Gasteiger partial charge in [-0.25, -0.2) is 13.4 Å². The number of piperidine rings is 1. The van der Waals surface area contributed by atoms with Crippen LogP contribution < -0.4 is 14.8 Å². The lowest BCUT2D eigenvalue weighted by Crippen LogP contribution is -2.35. The van der Waals surface area contributed by atoms with Gasteiger partial charge in [0.15, 0.2) is 11.5 Å². The first-order valence-corrected chi connectivity index (χ1v) is 12.3. The molecule has 3 aromatic rings. The standard InChI is InChI=1S/C23H24N4O5S/c28-23(24-13-17-4-9-21-22(12-17)32-16-31-21)20-14-26(15-25-20)18-5-7-19(8-6-18)33(29,30)27-10-2-1-3-11-27/h4-9,12,14-15H,1-3,10-11,13,16H2,(H,24,28). The molecular weight excluding hydrogens is 444 g/mol. The summed E-state index contributed by atoms with van der Waals surface area (Å²) in [5, 5.41) is 2.84. The molecule has 0 atom stereocenters. The molecule has 5 rings (SSSR count). The van der Waals surface area contributed by atoms with Gasteiger partial charge in [0.1, 0.15) is 12.0 Å². The van der Waals surface area contributed by atoms with Crippen molar-refractivity contribution in [2.75, 3.05) is 19.9 Å². The Morgan fingerprint density at radius 2 is 1.76 bits per heavy atom. The van der Waals surface area contributed by atoms with E-state index in [4.69, 9.17) is 9.47 Å². The Morgan fingerprint density at radius 3 is 2.55 bits per heavy atom. The van der Waals surface area contributed by atoms with Crippen LogP contribution in [0.1, 0.15) is 35.3 Å². The van der Waals surface area contributed by atoms with Crippen LogP contribution in [0.2, 0.25) is 0 Å². The van der Waals surface area contributed by atoms with Crippen molar-refractivity contribution in [1.82, 2.24) is 19.2 Å². The number of aromatic nitrogens is 2. The van der Waals surface area contributed by atoms with Crippen LogP contribution in [-0.2, 0) is 16.6 Å². The Balaban J connectivity index is 1.24. The first-order chi connectivity index (χ1) is 16.0. The van der Waals surface area contributed by atoms with Crippen molar-refractivity contribution in [1.29, 1.82) is 0 Å². The third-order valence-corrected chi connectivity index (χ3v) is 7.71. The van der Waals surface area contributed by atoms with Gasteiger partial charge < -0.3 is 19.4 Å². The van der Waals surface area contributed by atoms with Crippen LogP contribution in [-0.4, -0.2) is 48.1 Å². The normalized spacial score (nSPS) is 16.0. The molecule has 2 aromatic carbocycles. The van der Waals surface area contributed by atoms with E-state index in [0.29, 0.717) is 31.1 Å². The molecule has 0 aliphatic carbocycles. The number of nitrogens with zero attached hydrogens (tertiary/aromatic N) is 3. The van der Waals surface area contributed by atoms with Crippen molar-refractivity contribution >= 4 is 15.9 Å². The SMILES string of the molecule is O=C(NCc1ccc2c(c1)OCO2)c1cn(-c2ccc(S(=O)(=O)N3CCCCC3)cc2)cn1. The quantitative estimate of drug-likeness (QED) is 0.597. The van der Waals surface area contributed by atoms with Crippen molar-refractivity contribution in [3.8, 4) is 17.2 Å². The number of fused-ring (bicyclic) bond motifs is 1. The minimum absolute atomic E-state index is 0.202. The maximum Gasteiger partial charge on any atom is 0.271 e. The number of hydrogen-bond acceptors (Lipinski definition) is 6. The molecule has 172 valence electrons. The largest absolute Gasteiger partial charge is 0.454 e. The highest BCUT2D eigenvalue weighted by Gasteiger charge is 2.25. The lowest BCUT2D eigenvalue weighted by Gasteiger charge is -2.25. The van der Waals surface area contributed by atoms with Gasteiger partial charge in [-0.2, -0.15) is 4.31 Å². The molecular formula is C23H24N4O5S. The summed E-state index contributed by atoms with van der Waals surface area (Å²) >= 11 is 0. The summed E-state index contributed by atoms with van der Waals surface area (Å²) in [6.45, 7) is 1.66. The number of carbonyl (C=O) groups excluding carboxylic acids is 1. The first-order valence-electron chi connectivity index (χ1n) is 10.8. The number of rotatable bonds is 6. The number of sulfonamides is 1. The molecule has 0 radical (unpaired) electrons. The van der Waals surface area contributed by atoms with E-state index in [0.717, 1.165) is 30.5 Å². The van der Waals surface area contributed by atoms with E-state index < -0.39 is 10.0 Å². The monoisotopic (exact) mass is 468 g/mol. The van der Waals surface area contributed by atoms with E-state index in [1.807, 2.05) is 18.2 Å². The number of hydrogen-bond donors (Lipinski definition) is 1. The van der Waals surface area contributed by atoms with Gasteiger partial charge in [0.05, 0.1) is 4.90 Å². The average molecular weight is 469 g/mol. The smallest absolute Gasteiger partial charge is 0.271 e. The molecule has 0 bridgehead atoms. The van der Waals surface area contributed by atoms with Crippen LogP contribution in [0.25, 0.3) is 5.69 Å². The predicted molar refractivity (Wildman–Crippen MR) is 120 cm³/mol. The third-order valence-electron chi connectivity index (χ3n) is 5.79. The summed E-state index contributed by atoms with van der Waals surface area (Å²) in [4.78, 5) is 17.0. The van der Waals surface area contributed by atoms with E-state index in [1.165, 1.54) is 6.33 Å². The molecule has 10 heteroatoms. The Morgan fingerprint density at radius 1 is 1.00 bits per heavy atom. The minimum Gasteiger partial charge on any atom is -0.454 e. The van der Waals surface area contributed by atoms with Crippen LogP contribution in [0.15, 0.2) is 59.9 Å². The Labute approximate surface area is 192 Å². The number of nitrogens with one attached hydrogen (secondary N) is 1. The number of ether oxygens (including phenoxy) is 2. The third kappa shape index (κ3) is 4.44. The highest BCUT2D eigenvalue weighted by Crippen LogP contribution is 2.32. The summed E-state index contributed by atoms with van der Waals surface area (Å²) in [6, 6.07) is 12.1. The molecule has 0 unspecified atom stereocenters. The van der Waals surface area contributed by atoms with Crippen LogP contribution in [0.5, 0.6) is 11.5 Å². The average Bonchev–Trinajstić information content (AvgIpc) is 3.53. The molecule has 2 aliphatic rings. The molecule has 33 heavy (non-hydrogen) atoms. The van der Waals surface area contributed by atoms with Crippen LogP contribution >= 0.6 is 0 Å². The fraction of sp³-hybridized carbons (Fsp3) is 0.304. The van der Waals surface area contributed by atoms with Gasteiger partial charge in [-0.1, -0.05) is 12.5 Å². The van der Waals surface area contributed by atoms with Gasteiger partial charge in [-0.15, -0.1) is 0 Å². The van der Waals surface area contributed by atoms with E-state index >= 15 is 0 Å². The van der Waals surface area contributed by atoms with Gasteiger partial charge in [0, 0.05) is 31.5 Å². The lowest BCUT2D eigenvalue weighted by molar-refractivity contribution is 0.0946. The van der Waals surface area contributed by atoms with E-state index in [-0.39, 0.29) is 23.3 Å². The van der Waals surface area contributed by atoms with Crippen molar-refractivity contribution < 1.29 is 22.7 Å². The fourth-order valence-corrected chi connectivity index (χ4v) is 5.47. The second-order valence-corrected chi connectivity index (χ2v) is 9.93. The molecule has 1 amide bonds. The van der Waals surface area contributed by atoms with Gasteiger partial charge in [-0.05, 0) is 54.8 Å². The lowest BCUT2D eigenvalue weighted by atomic mass is 10.2. The fourth-order valence-electron chi connectivity index (χ4n) is 3.95. The zero-order valence-electron chi connectivity index (χ0n) is 17.9. The molecule has 1 saturated heterocycles. The number of imidazole rings is 1. The highest BCUT2D eigenvalue weighted by atomic mass is 32.2. The van der Waals surface area contributed by atoms with Crippen LogP contribution in [0.4, 0.5) is 0 Å². The predicted octanol–water partition coefficient (Wildman–Crippen LogP) is 2.71. The van der Waals surface area contributed by atoms with Gasteiger partial charge >= 0.3 is 0 Å². The molecule has 0 saturated carbocycles. The summed E-state index contributed by atoms with van der Waals surface area (Å²) in [5.41, 5.74) is 1.87. The van der Waals surface area contributed by atoms with E-state index in [1.54, 1.807) is 39.3 Å². The van der Waals surface area contributed by atoms with E-state index in [9.17, 15) is 13.2 Å². The number of amides is 1. The van der Waals surface area contributed by atoms with E-state index in [2.05, 4.69) is 10.3 Å². The maximum absolute atomic E-state index is 12.8. The highest BCUT2D eigenvalue weighted by molar-refractivity contribution is 7.89. The summed E-state index contributed by atoms with van der Waals surface area (Å²) in [7, 11) is -3.48. The zero-order valence-corrected chi connectivity index (χ0v) is 18.8. The van der Waals surface area contributed by atoms with Gasteiger partial charge in [0.25, 0.3) is 5.91 Å². The second kappa shape index (κ2) is 8.87. The first kappa shape index (κ1) is 21.5. The number of carbonyl (C=O) groups is 1. The molecule has 3 heterocycles. The molecule has 2 aliphatic heterocycles. The molecule has 1 aromatic heterocycles. The number of benzene rings is 2. The van der Waals surface area contributed by atoms with Crippen molar-refractivity contribution in [2.45, 2.75) is 30.7 Å². The van der Waals surface area contributed by atoms with Gasteiger partial charge in [-0.3, -0.25) is 4.79 Å². The summed E-state index contributed by atoms with van der Waals surface area (Å²) < 4.78 is 39.5. The van der Waals surface area contributed by atoms with Gasteiger partial charge in [0.2, 0.25) is 16.8 Å². The van der Waals surface area contributed by atoms with Crippen LogP contribution in [0.3, 0.4) is 0 Å².